The van der Waals surface area contributed by atoms with Gasteiger partial charge in [-0.05, 0) is 26.0 Å². The number of sulfone groups is 1. The number of benzene rings is 1. The summed E-state index contributed by atoms with van der Waals surface area (Å²) in [5.41, 5.74) is 5.91. The lowest BCUT2D eigenvalue weighted by atomic mass is 10.3. The Morgan fingerprint density at radius 2 is 2.00 bits per heavy atom. The zero-order valence-electron chi connectivity index (χ0n) is 10.8. The molecule has 0 fully saturated rings. The van der Waals surface area contributed by atoms with Crippen molar-refractivity contribution in [2.75, 3.05) is 25.2 Å². The average molecular weight is 273 g/mol. The Morgan fingerprint density at radius 3 is 2.56 bits per heavy atom. The fourth-order valence-electron chi connectivity index (χ4n) is 1.41. The molecule has 0 spiro atoms. The minimum atomic E-state index is -3.45. The normalized spacial score (nSPS) is 11.8. The Kier molecular flexibility index (Phi) is 4.98. The monoisotopic (exact) mass is 273 g/mol. The second-order valence-corrected chi connectivity index (χ2v) is 6.22. The molecule has 0 bridgehead atoms. The largest absolute Gasteiger partial charge is 0.497 e. The number of nitrogen functional groups attached to an aromatic ring is 1. The van der Waals surface area contributed by atoms with Crippen molar-refractivity contribution < 1.29 is 17.9 Å². The van der Waals surface area contributed by atoms with Crippen LogP contribution >= 0.6 is 0 Å². The summed E-state index contributed by atoms with van der Waals surface area (Å²) in [6.07, 6.45) is 0.00264. The standard InChI is InChI=1S/C12H19NO4S/c1-9(2)17-6-7-18(14,15)12-8-10(16-3)4-5-11(12)13/h4-5,8-9H,6-7,13H2,1-3H3. The quantitative estimate of drug-likeness (QED) is 0.794. The van der Waals surface area contributed by atoms with Gasteiger partial charge in [0.1, 0.15) is 5.75 Å². The molecule has 5 nitrogen and oxygen atoms in total. The Morgan fingerprint density at radius 1 is 1.33 bits per heavy atom. The highest BCUT2D eigenvalue weighted by Gasteiger charge is 2.18. The van der Waals surface area contributed by atoms with Crippen LogP contribution in [0, 0.1) is 0 Å². The van der Waals surface area contributed by atoms with Crippen molar-refractivity contribution >= 4 is 15.5 Å². The van der Waals surface area contributed by atoms with Gasteiger partial charge in [-0.15, -0.1) is 0 Å². The van der Waals surface area contributed by atoms with Crippen LogP contribution in [0.2, 0.25) is 0 Å². The van der Waals surface area contributed by atoms with Gasteiger partial charge in [-0.25, -0.2) is 8.42 Å². The predicted molar refractivity (Wildman–Crippen MR) is 70.5 cm³/mol. The smallest absolute Gasteiger partial charge is 0.182 e. The first kappa shape index (κ1) is 14.8. The van der Waals surface area contributed by atoms with Crippen molar-refractivity contribution in [2.45, 2.75) is 24.8 Å². The van der Waals surface area contributed by atoms with Crippen LogP contribution in [0.15, 0.2) is 23.1 Å². The Bertz CT molecular complexity index is 497. The molecule has 0 aliphatic heterocycles. The number of rotatable bonds is 6. The zero-order chi connectivity index (χ0) is 13.8. The van der Waals surface area contributed by atoms with E-state index in [1.54, 1.807) is 6.07 Å². The number of hydrogen-bond acceptors (Lipinski definition) is 5. The minimum Gasteiger partial charge on any atom is -0.497 e. The second-order valence-electron chi connectivity index (χ2n) is 4.14. The average Bonchev–Trinajstić information content (AvgIpc) is 2.28. The highest BCUT2D eigenvalue weighted by Crippen LogP contribution is 2.24. The van der Waals surface area contributed by atoms with Gasteiger partial charge < -0.3 is 15.2 Å². The predicted octanol–water partition coefficient (Wildman–Crippen LogP) is 1.48. The van der Waals surface area contributed by atoms with Crippen LogP contribution in [0.25, 0.3) is 0 Å². The number of nitrogens with two attached hydrogens (primary N) is 1. The van der Waals surface area contributed by atoms with Gasteiger partial charge in [0.05, 0.1) is 36.2 Å². The first-order chi connectivity index (χ1) is 8.36. The Hall–Kier alpha value is -1.27. The highest BCUT2D eigenvalue weighted by molar-refractivity contribution is 7.91. The van der Waals surface area contributed by atoms with Gasteiger partial charge in [0, 0.05) is 6.07 Å². The lowest BCUT2D eigenvalue weighted by Crippen LogP contribution is -2.16. The molecule has 0 aliphatic rings. The van der Waals surface area contributed by atoms with E-state index >= 15 is 0 Å². The summed E-state index contributed by atoms with van der Waals surface area (Å²) >= 11 is 0. The van der Waals surface area contributed by atoms with Gasteiger partial charge in [0.2, 0.25) is 0 Å². The van der Waals surface area contributed by atoms with Crippen molar-refractivity contribution in [2.24, 2.45) is 0 Å². The van der Waals surface area contributed by atoms with Crippen LogP contribution in [0.4, 0.5) is 5.69 Å². The molecular formula is C12H19NO4S. The summed E-state index contributed by atoms with van der Waals surface area (Å²) in [5.74, 6) is 0.371. The fourth-order valence-corrected chi connectivity index (χ4v) is 2.67. The highest BCUT2D eigenvalue weighted by atomic mass is 32.2. The van der Waals surface area contributed by atoms with Crippen molar-refractivity contribution in [3.05, 3.63) is 18.2 Å². The fraction of sp³-hybridized carbons (Fsp3) is 0.500. The van der Waals surface area contributed by atoms with Crippen LogP contribution in [-0.4, -0.2) is 34.0 Å². The molecule has 0 aromatic heterocycles. The van der Waals surface area contributed by atoms with Crippen molar-refractivity contribution in [3.63, 3.8) is 0 Å². The molecule has 1 aromatic rings. The third-order valence-corrected chi connectivity index (χ3v) is 4.09. The number of ether oxygens (including phenoxy) is 2. The molecule has 18 heavy (non-hydrogen) atoms. The van der Waals surface area contributed by atoms with Crippen LogP contribution in [0.3, 0.4) is 0 Å². The van der Waals surface area contributed by atoms with Gasteiger partial charge in [0.15, 0.2) is 9.84 Å². The lowest BCUT2D eigenvalue weighted by Gasteiger charge is -2.11. The van der Waals surface area contributed by atoms with Crippen LogP contribution < -0.4 is 10.5 Å². The summed E-state index contributed by atoms with van der Waals surface area (Å²) in [4.78, 5) is 0.0919. The van der Waals surface area contributed by atoms with Gasteiger partial charge in [0.25, 0.3) is 0 Å². The topological polar surface area (TPSA) is 78.6 Å². The minimum absolute atomic E-state index is 0.00264. The van der Waals surface area contributed by atoms with E-state index < -0.39 is 9.84 Å². The van der Waals surface area contributed by atoms with Crippen molar-refractivity contribution in [1.82, 2.24) is 0 Å². The van der Waals surface area contributed by atoms with Gasteiger partial charge in [-0.1, -0.05) is 0 Å². The van der Waals surface area contributed by atoms with Crippen LogP contribution in [0.5, 0.6) is 5.75 Å². The zero-order valence-corrected chi connectivity index (χ0v) is 11.7. The van der Waals surface area contributed by atoms with Crippen LogP contribution in [0.1, 0.15) is 13.8 Å². The molecule has 0 saturated carbocycles. The SMILES string of the molecule is COc1ccc(N)c(S(=O)(=O)CCOC(C)C)c1. The number of anilines is 1. The van der Waals surface area contributed by atoms with E-state index in [1.165, 1.54) is 19.2 Å². The molecule has 1 rings (SSSR count). The van der Waals surface area contributed by atoms with E-state index in [2.05, 4.69) is 0 Å². The summed E-state index contributed by atoms with van der Waals surface area (Å²) in [7, 11) is -1.97. The van der Waals surface area contributed by atoms with Gasteiger partial charge >= 0.3 is 0 Å². The number of methoxy groups -OCH3 is 1. The van der Waals surface area contributed by atoms with E-state index in [1.807, 2.05) is 13.8 Å². The molecule has 6 heteroatoms. The van der Waals surface area contributed by atoms with Gasteiger partial charge in [-0.3, -0.25) is 0 Å². The summed E-state index contributed by atoms with van der Waals surface area (Å²) in [6, 6.07) is 4.58. The van der Waals surface area contributed by atoms with E-state index in [0.717, 1.165) is 0 Å². The van der Waals surface area contributed by atoms with E-state index in [0.29, 0.717) is 5.75 Å². The van der Waals surface area contributed by atoms with E-state index in [-0.39, 0.29) is 29.0 Å². The van der Waals surface area contributed by atoms with Crippen molar-refractivity contribution in [1.29, 1.82) is 0 Å². The van der Waals surface area contributed by atoms with Crippen LogP contribution in [-0.2, 0) is 14.6 Å². The maximum Gasteiger partial charge on any atom is 0.182 e. The molecule has 2 N–H and O–H groups in total. The third kappa shape index (κ3) is 3.89. The molecule has 0 atom stereocenters. The summed E-state index contributed by atoms with van der Waals surface area (Å²) in [6.45, 7) is 3.86. The number of hydrogen-bond donors (Lipinski definition) is 1. The maximum atomic E-state index is 12.1. The Labute approximate surface area is 108 Å². The van der Waals surface area contributed by atoms with Crippen molar-refractivity contribution in [3.8, 4) is 5.75 Å². The molecule has 102 valence electrons. The molecule has 0 aliphatic carbocycles. The molecule has 0 unspecified atom stereocenters. The maximum absolute atomic E-state index is 12.1. The first-order valence-corrected chi connectivity index (χ1v) is 7.30. The molecule has 0 radical (unpaired) electrons. The van der Waals surface area contributed by atoms with Gasteiger partial charge in [-0.2, -0.15) is 0 Å². The molecule has 1 aromatic carbocycles. The first-order valence-electron chi connectivity index (χ1n) is 5.64. The van der Waals surface area contributed by atoms with E-state index in [4.69, 9.17) is 15.2 Å². The molecule has 0 saturated heterocycles. The summed E-state index contributed by atoms with van der Waals surface area (Å²) < 4.78 is 34.4. The Balaban J connectivity index is 2.90. The third-order valence-electron chi connectivity index (χ3n) is 2.36. The molecular weight excluding hydrogens is 254 g/mol. The van der Waals surface area contributed by atoms with E-state index in [9.17, 15) is 8.42 Å². The molecule has 0 heterocycles. The lowest BCUT2D eigenvalue weighted by molar-refractivity contribution is 0.0912. The second kappa shape index (κ2) is 6.06. The molecule has 0 amide bonds. The summed E-state index contributed by atoms with van der Waals surface area (Å²) in [5, 5.41) is 0.